The van der Waals surface area contributed by atoms with E-state index in [0.717, 1.165) is 14.7 Å². The monoisotopic (exact) mass is 316 g/mol. The van der Waals surface area contributed by atoms with Crippen LogP contribution in [-0.4, -0.2) is 0 Å². The van der Waals surface area contributed by atoms with Crippen LogP contribution in [0.4, 0.5) is 8.78 Å². The summed E-state index contributed by atoms with van der Waals surface area (Å²) >= 11 is 2.04. The van der Waals surface area contributed by atoms with E-state index in [9.17, 15) is 8.78 Å². The maximum absolute atomic E-state index is 13.0. The minimum atomic E-state index is -0.285. The van der Waals surface area contributed by atoms with Crippen LogP contribution >= 0.6 is 22.6 Å². The largest absolute Gasteiger partial charge is 0.207 e. The molecule has 0 N–H and O–H groups in total. The Morgan fingerprint density at radius 1 is 0.867 bits per heavy atom. The third-order valence-corrected chi connectivity index (χ3v) is 2.96. The first kappa shape index (κ1) is 10.5. The lowest BCUT2D eigenvalue weighted by Gasteiger charge is -2.04. The van der Waals surface area contributed by atoms with Crippen LogP contribution in [0.2, 0.25) is 0 Å². The fourth-order valence-corrected chi connectivity index (χ4v) is 2.17. The molecule has 0 atom stereocenters. The second-order valence-electron chi connectivity index (χ2n) is 3.13. The average Bonchev–Trinajstić information content (AvgIpc) is 2.17. The molecule has 0 unspecified atom stereocenters. The Morgan fingerprint density at radius 3 is 2.27 bits per heavy atom. The molecule has 0 fully saturated rings. The van der Waals surface area contributed by atoms with Gasteiger partial charge < -0.3 is 0 Å². The Morgan fingerprint density at radius 2 is 1.60 bits per heavy atom. The fraction of sp³-hybridized carbons (Fsp3) is 0. The molecule has 2 aromatic rings. The maximum Gasteiger partial charge on any atom is 0.124 e. The van der Waals surface area contributed by atoms with E-state index >= 15 is 0 Å². The summed E-state index contributed by atoms with van der Waals surface area (Å²) < 4.78 is 26.6. The molecule has 0 aromatic heterocycles. The van der Waals surface area contributed by atoms with Crippen LogP contribution < -0.4 is 0 Å². The molecular formula is C12H7F2I. The van der Waals surface area contributed by atoms with E-state index in [2.05, 4.69) is 0 Å². The van der Waals surface area contributed by atoms with Gasteiger partial charge in [0.05, 0.1) is 0 Å². The van der Waals surface area contributed by atoms with Crippen molar-refractivity contribution in [2.45, 2.75) is 0 Å². The highest BCUT2D eigenvalue weighted by atomic mass is 127. The van der Waals surface area contributed by atoms with E-state index in [1.54, 1.807) is 18.2 Å². The van der Waals surface area contributed by atoms with E-state index in [1.807, 2.05) is 22.6 Å². The molecule has 76 valence electrons. The predicted molar refractivity (Wildman–Crippen MR) is 64.5 cm³/mol. The number of hydrogen-bond acceptors (Lipinski definition) is 0. The molecule has 0 aliphatic heterocycles. The van der Waals surface area contributed by atoms with Gasteiger partial charge in [-0.05, 0) is 58.0 Å². The smallest absolute Gasteiger partial charge is 0.124 e. The van der Waals surface area contributed by atoms with Gasteiger partial charge in [-0.1, -0.05) is 18.2 Å². The van der Waals surface area contributed by atoms with Gasteiger partial charge in [-0.15, -0.1) is 0 Å². The van der Waals surface area contributed by atoms with Crippen LogP contribution in [0.15, 0.2) is 42.5 Å². The Kier molecular flexibility index (Phi) is 3.00. The van der Waals surface area contributed by atoms with E-state index in [1.165, 1.54) is 24.3 Å². The Bertz CT molecular complexity index is 495. The lowest BCUT2D eigenvalue weighted by molar-refractivity contribution is 0.626. The van der Waals surface area contributed by atoms with Crippen LogP contribution in [0.1, 0.15) is 0 Å². The summed E-state index contributed by atoms with van der Waals surface area (Å²) in [6.45, 7) is 0. The van der Waals surface area contributed by atoms with Crippen LogP contribution in [0.5, 0.6) is 0 Å². The predicted octanol–water partition coefficient (Wildman–Crippen LogP) is 4.24. The molecule has 0 aliphatic rings. The van der Waals surface area contributed by atoms with Crippen molar-refractivity contribution in [2.75, 3.05) is 0 Å². The number of benzene rings is 2. The fourth-order valence-electron chi connectivity index (χ4n) is 1.38. The molecular weight excluding hydrogens is 309 g/mol. The second kappa shape index (κ2) is 4.26. The molecule has 0 amide bonds. The van der Waals surface area contributed by atoms with Crippen LogP contribution in [-0.2, 0) is 0 Å². The molecule has 3 heteroatoms. The lowest BCUT2D eigenvalue weighted by Crippen LogP contribution is -1.85. The van der Waals surface area contributed by atoms with Crippen molar-refractivity contribution in [1.29, 1.82) is 0 Å². The summed E-state index contributed by atoms with van der Waals surface area (Å²) in [7, 11) is 0. The summed E-state index contributed by atoms with van der Waals surface area (Å²) in [4.78, 5) is 0. The molecule has 0 saturated heterocycles. The van der Waals surface area contributed by atoms with Crippen molar-refractivity contribution < 1.29 is 8.78 Å². The molecule has 0 heterocycles. The Labute approximate surface area is 100 Å². The van der Waals surface area contributed by atoms with Gasteiger partial charge in [-0.2, -0.15) is 0 Å². The lowest BCUT2D eigenvalue weighted by atomic mass is 10.1. The number of halogens is 3. The van der Waals surface area contributed by atoms with Gasteiger partial charge in [0, 0.05) is 3.57 Å². The van der Waals surface area contributed by atoms with Gasteiger partial charge in [0.2, 0.25) is 0 Å². The summed E-state index contributed by atoms with van der Waals surface area (Å²) in [6.07, 6.45) is 0. The third-order valence-electron chi connectivity index (χ3n) is 2.07. The molecule has 0 saturated carbocycles. The Hall–Kier alpha value is -0.970. The summed E-state index contributed by atoms with van der Waals surface area (Å²) in [5, 5.41) is 0. The normalized spacial score (nSPS) is 10.3. The number of hydrogen-bond donors (Lipinski definition) is 0. The minimum absolute atomic E-state index is 0.278. The van der Waals surface area contributed by atoms with E-state index < -0.39 is 0 Å². The van der Waals surface area contributed by atoms with E-state index in [-0.39, 0.29) is 11.6 Å². The van der Waals surface area contributed by atoms with Gasteiger partial charge in [0.15, 0.2) is 0 Å². The van der Waals surface area contributed by atoms with Gasteiger partial charge in [0.1, 0.15) is 11.6 Å². The molecule has 0 radical (unpaired) electrons. The second-order valence-corrected chi connectivity index (χ2v) is 4.30. The molecule has 0 bridgehead atoms. The summed E-state index contributed by atoms with van der Waals surface area (Å²) in [5.41, 5.74) is 1.61. The quantitative estimate of drug-likeness (QED) is 0.691. The van der Waals surface area contributed by atoms with Crippen molar-refractivity contribution >= 4 is 22.6 Å². The van der Waals surface area contributed by atoms with Gasteiger partial charge in [-0.3, -0.25) is 0 Å². The average molecular weight is 316 g/mol. The zero-order valence-electron chi connectivity index (χ0n) is 7.68. The molecule has 2 aromatic carbocycles. The maximum atomic E-state index is 13.0. The van der Waals surface area contributed by atoms with Crippen LogP contribution in [0.25, 0.3) is 11.1 Å². The standard InChI is InChI=1S/C12H7F2I/c13-9-3-1-2-8(6-9)11-5-4-10(14)7-12(11)15/h1-7H. The van der Waals surface area contributed by atoms with Crippen LogP contribution in [0, 0.1) is 15.2 Å². The summed E-state index contributed by atoms with van der Waals surface area (Å²) in [6, 6.07) is 10.7. The molecule has 0 spiro atoms. The zero-order valence-corrected chi connectivity index (χ0v) is 9.83. The first-order chi connectivity index (χ1) is 7.16. The van der Waals surface area contributed by atoms with E-state index in [0.29, 0.717) is 0 Å². The first-order valence-electron chi connectivity index (χ1n) is 4.38. The number of rotatable bonds is 1. The van der Waals surface area contributed by atoms with E-state index in [4.69, 9.17) is 0 Å². The molecule has 15 heavy (non-hydrogen) atoms. The first-order valence-corrected chi connectivity index (χ1v) is 5.46. The molecule has 2 rings (SSSR count). The zero-order chi connectivity index (χ0) is 10.8. The minimum Gasteiger partial charge on any atom is -0.207 e. The highest BCUT2D eigenvalue weighted by molar-refractivity contribution is 14.1. The van der Waals surface area contributed by atoms with Gasteiger partial charge in [0.25, 0.3) is 0 Å². The van der Waals surface area contributed by atoms with Gasteiger partial charge >= 0.3 is 0 Å². The van der Waals surface area contributed by atoms with Crippen molar-refractivity contribution in [1.82, 2.24) is 0 Å². The summed E-state index contributed by atoms with van der Waals surface area (Å²) in [5.74, 6) is -0.563. The molecule has 0 nitrogen and oxygen atoms in total. The van der Waals surface area contributed by atoms with Crippen molar-refractivity contribution in [2.24, 2.45) is 0 Å². The van der Waals surface area contributed by atoms with Crippen molar-refractivity contribution in [3.63, 3.8) is 0 Å². The highest BCUT2D eigenvalue weighted by Gasteiger charge is 2.04. The highest BCUT2D eigenvalue weighted by Crippen LogP contribution is 2.26. The Balaban J connectivity index is 2.54. The third kappa shape index (κ3) is 2.34. The van der Waals surface area contributed by atoms with Crippen LogP contribution in [0.3, 0.4) is 0 Å². The van der Waals surface area contributed by atoms with Crippen molar-refractivity contribution in [3.05, 3.63) is 57.7 Å². The van der Waals surface area contributed by atoms with Crippen molar-refractivity contribution in [3.8, 4) is 11.1 Å². The SMILES string of the molecule is Fc1cccc(-c2ccc(F)cc2I)c1. The van der Waals surface area contributed by atoms with Gasteiger partial charge in [-0.25, -0.2) is 8.78 Å². The molecule has 0 aliphatic carbocycles. The topological polar surface area (TPSA) is 0 Å².